The van der Waals surface area contributed by atoms with Crippen LogP contribution in [0.4, 0.5) is 5.69 Å². The van der Waals surface area contributed by atoms with E-state index < -0.39 is 5.91 Å². The molecular weight excluding hydrogens is 360 g/mol. The monoisotopic (exact) mass is 380 g/mol. The highest BCUT2D eigenvalue weighted by Crippen LogP contribution is 2.24. The van der Waals surface area contributed by atoms with Gasteiger partial charge in [-0.15, -0.1) is 5.10 Å². The molecule has 0 bridgehead atoms. The van der Waals surface area contributed by atoms with Crippen molar-refractivity contribution in [2.24, 2.45) is 11.7 Å². The van der Waals surface area contributed by atoms with Crippen molar-refractivity contribution in [1.29, 1.82) is 0 Å². The molecule has 3 aromatic rings. The van der Waals surface area contributed by atoms with Gasteiger partial charge in [-0.3, -0.25) is 14.6 Å². The number of pyridine rings is 1. The molecular formula is C18H20N8O2. The summed E-state index contributed by atoms with van der Waals surface area (Å²) in [5.74, 6) is 0.365. The Morgan fingerprint density at radius 3 is 2.75 bits per heavy atom. The third kappa shape index (κ3) is 3.75. The average Bonchev–Trinajstić information content (AvgIpc) is 3.25. The normalized spacial score (nSPS) is 14.9. The Labute approximate surface area is 160 Å². The lowest BCUT2D eigenvalue weighted by Gasteiger charge is -2.33. The number of primary amides is 1. The Kier molecular flexibility index (Phi) is 4.83. The fourth-order valence-corrected chi connectivity index (χ4v) is 3.39. The van der Waals surface area contributed by atoms with Crippen LogP contribution in [0.1, 0.15) is 23.3 Å². The Morgan fingerprint density at radius 1 is 1.21 bits per heavy atom. The predicted molar refractivity (Wildman–Crippen MR) is 101 cm³/mol. The van der Waals surface area contributed by atoms with E-state index in [-0.39, 0.29) is 11.3 Å². The van der Waals surface area contributed by atoms with Gasteiger partial charge in [0.15, 0.2) is 5.82 Å². The van der Waals surface area contributed by atoms with Crippen LogP contribution < -0.4 is 16.2 Å². The van der Waals surface area contributed by atoms with E-state index in [9.17, 15) is 9.59 Å². The molecule has 0 saturated carbocycles. The van der Waals surface area contributed by atoms with Crippen LogP contribution in [0.3, 0.4) is 0 Å². The molecule has 4 heterocycles. The molecule has 1 aliphatic rings. The third-order valence-corrected chi connectivity index (χ3v) is 4.91. The van der Waals surface area contributed by atoms with Gasteiger partial charge in [-0.05, 0) is 37.0 Å². The summed E-state index contributed by atoms with van der Waals surface area (Å²) in [5, 5.41) is 8.46. The van der Waals surface area contributed by atoms with Crippen LogP contribution >= 0.6 is 0 Å². The van der Waals surface area contributed by atoms with Gasteiger partial charge in [0.05, 0.1) is 0 Å². The lowest BCUT2D eigenvalue weighted by molar-refractivity contribution is 0.0995. The van der Waals surface area contributed by atoms with Gasteiger partial charge in [0.2, 0.25) is 0 Å². The van der Waals surface area contributed by atoms with E-state index in [2.05, 4.69) is 25.1 Å². The van der Waals surface area contributed by atoms with Crippen molar-refractivity contribution in [1.82, 2.24) is 29.5 Å². The van der Waals surface area contributed by atoms with Crippen molar-refractivity contribution in [2.45, 2.75) is 19.4 Å². The molecule has 144 valence electrons. The van der Waals surface area contributed by atoms with Gasteiger partial charge in [0.1, 0.15) is 18.3 Å². The lowest BCUT2D eigenvalue weighted by Crippen LogP contribution is -2.37. The van der Waals surface area contributed by atoms with Crippen LogP contribution in [-0.2, 0) is 6.54 Å². The van der Waals surface area contributed by atoms with E-state index >= 15 is 0 Å². The first-order valence-corrected chi connectivity index (χ1v) is 9.04. The standard InChI is InChI=1S/C18H20N8O2/c19-18(28)15-9-14(3-6-21-15)24-7-4-13(5-8-24)10-25-17(27)2-1-16(23-25)26-12-20-11-22-26/h1-3,6,9,11-13H,4-5,7-8,10H2,(H2,19,28). The molecule has 1 saturated heterocycles. The van der Waals surface area contributed by atoms with Crippen LogP contribution in [-0.4, -0.2) is 48.5 Å². The van der Waals surface area contributed by atoms with Crippen LogP contribution in [0.15, 0.2) is 47.9 Å². The second-order valence-corrected chi connectivity index (χ2v) is 6.75. The number of aromatic nitrogens is 6. The van der Waals surface area contributed by atoms with Crippen LogP contribution in [0.25, 0.3) is 5.82 Å². The molecule has 10 heteroatoms. The van der Waals surface area contributed by atoms with Crippen molar-refractivity contribution < 1.29 is 4.79 Å². The maximum atomic E-state index is 12.2. The predicted octanol–water partition coefficient (Wildman–Crippen LogP) is 0.234. The quantitative estimate of drug-likeness (QED) is 0.672. The van der Waals surface area contributed by atoms with Crippen LogP contribution in [0.2, 0.25) is 0 Å². The van der Waals surface area contributed by atoms with Crippen LogP contribution in [0.5, 0.6) is 0 Å². The smallest absolute Gasteiger partial charge is 0.267 e. The Balaban J connectivity index is 1.42. The fourth-order valence-electron chi connectivity index (χ4n) is 3.39. The molecule has 4 rings (SSSR count). The van der Waals surface area contributed by atoms with Crippen molar-refractivity contribution in [3.8, 4) is 5.82 Å². The van der Waals surface area contributed by atoms with E-state index in [0.29, 0.717) is 18.3 Å². The first-order valence-electron chi connectivity index (χ1n) is 9.04. The summed E-state index contributed by atoms with van der Waals surface area (Å²) in [7, 11) is 0. The highest BCUT2D eigenvalue weighted by Gasteiger charge is 2.21. The molecule has 10 nitrogen and oxygen atoms in total. The van der Waals surface area contributed by atoms with Gasteiger partial charge in [0.25, 0.3) is 11.5 Å². The number of nitrogens with two attached hydrogens (primary N) is 1. The van der Waals surface area contributed by atoms with E-state index in [4.69, 9.17) is 5.73 Å². The molecule has 0 aromatic carbocycles. The maximum Gasteiger partial charge on any atom is 0.267 e. The zero-order valence-corrected chi connectivity index (χ0v) is 15.2. The van der Waals surface area contributed by atoms with Crippen molar-refractivity contribution >= 4 is 11.6 Å². The fraction of sp³-hybridized carbons (Fsp3) is 0.333. The molecule has 0 unspecified atom stereocenters. The minimum Gasteiger partial charge on any atom is -0.371 e. The first-order chi connectivity index (χ1) is 13.6. The molecule has 1 aliphatic heterocycles. The molecule has 1 fully saturated rings. The van der Waals surface area contributed by atoms with Gasteiger partial charge in [-0.1, -0.05) is 0 Å². The minimum absolute atomic E-state index is 0.133. The molecule has 3 aromatic heterocycles. The van der Waals surface area contributed by atoms with Gasteiger partial charge >= 0.3 is 0 Å². The van der Waals surface area contributed by atoms with Crippen molar-refractivity contribution in [3.05, 3.63) is 59.2 Å². The van der Waals surface area contributed by atoms with E-state index in [0.717, 1.165) is 31.6 Å². The van der Waals surface area contributed by atoms with Crippen molar-refractivity contribution in [3.63, 3.8) is 0 Å². The van der Waals surface area contributed by atoms with Gasteiger partial charge in [-0.25, -0.2) is 14.3 Å². The highest BCUT2D eigenvalue weighted by atomic mass is 16.1. The average molecular weight is 380 g/mol. The number of hydrogen-bond donors (Lipinski definition) is 1. The molecule has 0 aliphatic carbocycles. The zero-order valence-electron chi connectivity index (χ0n) is 15.2. The van der Waals surface area contributed by atoms with E-state index in [1.54, 1.807) is 24.7 Å². The van der Waals surface area contributed by atoms with Gasteiger partial charge in [0, 0.05) is 37.6 Å². The molecule has 0 atom stereocenters. The summed E-state index contributed by atoms with van der Waals surface area (Å²) in [6.45, 7) is 2.20. The Hall–Kier alpha value is -3.56. The number of amides is 1. The second kappa shape index (κ2) is 7.59. The van der Waals surface area contributed by atoms with E-state index in [1.165, 1.54) is 21.8 Å². The zero-order chi connectivity index (χ0) is 19.5. The summed E-state index contributed by atoms with van der Waals surface area (Å²) in [4.78, 5) is 33.6. The summed E-state index contributed by atoms with van der Waals surface area (Å²) in [6, 6.07) is 6.73. The number of anilines is 1. The number of rotatable bonds is 5. The van der Waals surface area contributed by atoms with E-state index in [1.807, 2.05) is 6.07 Å². The maximum absolute atomic E-state index is 12.2. The number of hydrogen-bond acceptors (Lipinski definition) is 7. The summed E-state index contributed by atoms with van der Waals surface area (Å²) >= 11 is 0. The number of carbonyl (C=O) groups is 1. The molecule has 0 radical (unpaired) electrons. The Morgan fingerprint density at radius 2 is 2.04 bits per heavy atom. The van der Waals surface area contributed by atoms with Crippen LogP contribution in [0, 0.1) is 5.92 Å². The molecule has 0 spiro atoms. The summed E-state index contributed by atoms with van der Waals surface area (Å²) in [6.07, 6.45) is 6.40. The van der Waals surface area contributed by atoms with Gasteiger partial charge < -0.3 is 10.6 Å². The number of nitrogens with zero attached hydrogens (tertiary/aromatic N) is 7. The van der Waals surface area contributed by atoms with Gasteiger partial charge in [-0.2, -0.15) is 5.10 Å². The highest BCUT2D eigenvalue weighted by molar-refractivity contribution is 5.91. The number of piperidine rings is 1. The largest absolute Gasteiger partial charge is 0.371 e. The number of carbonyl (C=O) groups excluding carboxylic acids is 1. The SMILES string of the molecule is NC(=O)c1cc(N2CCC(Cn3nc(-n4cncn4)ccc3=O)CC2)ccn1. The molecule has 1 amide bonds. The first kappa shape index (κ1) is 17.8. The summed E-state index contributed by atoms with van der Waals surface area (Å²) in [5.41, 5.74) is 6.38. The molecule has 2 N–H and O–H groups in total. The third-order valence-electron chi connectivity index (χ3n) is 4.91. The minimum atomic E-state index is -0.533. The topological polar surface area (TPSA) is 125 Å². The Bertz CT molecular complexity index is 1020. The second-order valence-electron chi connectivity index (χ2n) is 6.75. The molecule has 28 heavy (non-hydrogen) atoms. The lowest BCUT2D eigenvalue weighted by atomic mass is 9.96. The van der Waals surface area contributed by atoms with Crippen molar-refractivity contribution in [2.75, 3.05) is 18.0 Å². The summed E-state index contributed by atoms with van der Waals surface area (Å²) < 4.78 is 3.02.